The molecule has 138 valence electrons. The van der Waals surface area contributed by atoms with E-state index in [0.717, 1.165) is 27.7 Å². The van der Waals surface area contributed by atoms with Gasteiger partial charge in [-0.1, -0.05) is 30.3 Å². The summed E-state index contributed by atoms with van der Waals surface area (Å²) in [6.07, 6.45) is 0.159. The first kappa shape index (κ1) is 19.3. The molecule has 1 aliphatic heterocycles. The van der Waals surface area contributed by atoms with Gasteiger partial charge in [0.15, 0.2) is 0 Å². The molecule has 1 heterocycles. The minimum atomic E-state index is -0.407. The predicted molar refractivity (Wildman–Crippen MR) is 110 cm³/mol. The number of benzene rings is 2. The smallest absolute Gasteiger partial charge is 0.238 e. The molecule has 0 spiro atoms. The van der Waals surface area contributed by atoms with E-state index in [1.54, 1.807) is 11.8 Å². The van der Waals surface area contributed by atoms with E-state index in [2.05, 4.69) is 16.7 Å². The van der Waals surface area contributed by atoms with Gasteiger partial charge < -0.3 is 10.6 Å². The van der Waals surface area contributed by atoms with Crippen molar-refractivity contribution in [3.8, 4) is 6.07 Å². The monoisotopic (exact) mass is 397 g/mol. The first-order chi connectivity index (χ1) is 13.2. The standard InChI is InChI=1S/C20H19N3O2S2/c21-12-14-5-1-2-6-15(14)13-26-10-9-22-19(24)11-18-20(25)23-16-7-3-4-8-17(16)27-18/h1-8,18H,9-11,13H2,(H,22,24)(H,23,25)/t18-/m0/s1. The van der Waals surface area contributed by atoms with Crippen LogP contribution in [0.15, 0.2) is 53.4 Å². The highest BCUT2D eigenvalue weighted by atomic mass is 32.2. The molecule has 2 aromatic carbocycles. The summed E-state index contributed by atoms with van der Waals surface area (Å²) in [7, 11) is 0. The Morgan fingerprint density at radius 2 is 2.00 bits per heavy atom. The number of hydrogen-bond acceptors (Lipinski definition) is 5. The van der Waals surface area contributed by atoms with Crippen molar-refractivity contribution in [2.45, 2.75) is 22.3 Å². The van der Waals surface area contributed by atoms with Crippen LogP contribution in [0, 0.1) is 11.3 Å². The number of carbonyl (C=O) groups is 2. The molecular weight excluding hydrogens is 378 g/mol. The molecule has 0 saturated carbocycles. The van der Waals surface area contributed by atoms with E-state index in [1.165, 1.54) is 11.8 Å². The van der Waals surface area contributed by atoms with E-state index in [1.807, 2.05) is 48.5 Å². The van der Waals surface area contributed by atoms with Crippen LogP contribution in [0.3, 0.4) is 0 Å². The van der Waals surface area contributed by atoms with Crippen molar-refractivity contribution in [1.82, 2.24) is 5.32 Å². The molecule has 1 aliphatic rings. The van der Waals surface area contributed by atoms with E-state index < -0.39 is 5.25 Å². The summed E-state index contributed by atoms with van der Waals surface area (Å²) in [6.45, 7) is 0.536. The Kier molecular flexibility index (Phi) is 6.80. The third-order valence-corrected chi connectivity index (χ3v) is 6.32. The SMILES string of the molecule is N#Cc1ccccc1CSCCNC(=O)C[C@@H]1Sc2ccccc2NC1=O. The van der Waals surface area contributed by atoms with Gasteiger partial charge in [-0.25, -0.2) is 0 Å². The summed E-state index contributed by atoms with van der Waals surface area (Å²) in [5, 5.41) is 14.4. The second-order valence-corrected chi connectivity index (χ2v) is 8.32. The fourth-order valence-corrected chi connectivity index (χ4v) is 4.64. The molecule has 2 amide bonds. The highest BCUT2D eigenvalue weighted by Gasteiger charge is 2.28. The van der Waals surface area contributed by atoms with E-state index >= 15 is 0 Å². The van der Waals surface area contributed by atoms with Gasteiger partial charge in [0, 0.05) is 29.4 Å². The summed E-state index contributed by atoms with van der Waals surface area (Å²) in [5.41, 5.74) is 2.50. The Bertz CT molecular complexity index is 880. The maximum absolute atomic E-state index is 12.1. The van der Waals surface area contributed by atoms with Crippen LogP contribution >= 0.6 is 23.5 Å². The Hall–Kier alpha value is -2.43. The predicted octanol–water partition coefficient (Wildman–Crippen LogP) is 3.41. The molecule has 7 heteroatoms. The molecule has 0 fully saturated rings. The largest absolute Gasteiger partial charge is 0.355 e. The summed E-state index contributed by atoms with van der Waals surface area (Å²) >= 11 is 3.09. The number of rotatable bonds is 7. The minimum Gasteiger partial charge on any atom is -0.355 e. The molecule has 2 aromatic rings. The molecular formula is C20H19N3O2S2. The number of amides is 2. The Balaban J connectivity index is 1.39. The third-order valence-electron chi connectivity index (χ3n) is 4.04. The summed E-state index contributed by atoms with van der Waals surface area (Å²) in [6, 6.07) is 17.3. The Morgan fingerprint density at radius 1 is 1.22 bits per heavy atom. The summed E-state index contributed by atoms with van der Waals surface area (Å²) in [5.74, 6) is 1.23. The summed E-state index contributed by atoms with van der Waals surface area (Å²) in [4.78, 5) is 25.3. The number of nitrogens with one attached hydrogen (secondary N) is 2. The van der Waals surface area contributed by atoms with Crippen LogP contribution in [0.2, 0.25) is 0 Å². The molecule has 0 aromatic heterocycles. The number of anilines is 1. The summed E-state index contributed by atoms with van der Waals surface area (Å²) < 4.78 is 0. The van der Waals surface area contributed by atoms with Gasteiger partial charge in [-0.2, -0.15) is 17.0 Å². The highest BCUT2D eigenvalue weighted by molar-refractivity contribution is 8.01. The van der Waals surface area contributed by atoms with Gasteiger partial charge >= 0.3 is 0 Å². The number of nitriles is 1. The molecule has 0 bridgehead atoms. The van der Waals surface area contributed by atoms with Crippen molar-refractivity contribution in [2.24, 2.45) is 0 Å². The van der Waals surface area contributed by atoms with Crippen molar-refractivity contribution in [1.29, 1.82) is 5.26 Å². The zero-order valence-corrected chi connectivity index (χ0v) is 16.2. The van der Waals surface area contributed by atoms with Crippen LogP contribution in [-0.4, -0.2) is 29.4 Å². The van der Waals surface area contributed by atoms with Gasteiger partial charge in [-0.3, -0.25) is 9.59 Å². The quantitative estimate of drug-likeness (QED) is 0.700. The molecule has 0 saturated heterocycles. The normalized spacial score (nSPS) is 15.4. The Labute approximate surface area is 166 Å². The molecule has 2 N–H and O–H groups in total. The lowest BCUT2D eigenvalue weighted by Gasteiger charge is -2.23. The van der Waals surface area contributed by atoms with Crippen molar-refractivity contribution in [3.63, 3.8) is 0 Å². The van der Waals surface area contributed by atoms with E-state index in [9.17, 15) is 9.59 Å². The van der Waals surface area contributed by atoms with Crippen LogP contribution in [0.1, 0.15) is 17.5 Å². The van der Waals surface area contributed by atoms with Crippen molar-refractivity contribution >= 4 is 41.0 Å². The van der Waals surface area contributed by atoms with Gasteiger partial charge in [-0.15, -0.1) is 11.8 Å². The fourth-order valence-electron chi connectivity index (χ4n) is 2.67. The van der Waals surface area contributed by atoms with Crippen LogP contribution in [-0.2, 0) is 15.3 Å². The van der Waals surface area contributed by atoms with Gasteiger partial charge in [0.1, 0.15) is 0 Å². The first-order valence-corrected chi connectivity index (χ1v) is 10.6. The van der Waals surface area contributed by atoms with E-state index in [0.29, 0.717) is 12.1 Å². The van der Waals surface area contributed by atoms with E-state index in [4.69, 9.17) is 5.26 Å². The maximum atomic E-state index is 12.1. The topological polar surface area (TPSA) is 82.0 Å². The van der Waals surface area contributed by atoms with Crippen molar-refractivity contribution in [2.75, 3.05) is 17.6 Å². The van der Waals surface area contributed by atoms with Crippen molar-refractivity contribution in [3.05, 3.63) is 59.7 Å². The van der Waals surface area contributed by atoms with Gasteiger partial charge in [0.05, 0.1) is 22.6 Å². The van der Waals surface area contributed by atoms with Gasteiger partial charge in [0.25, 0.3) is 0 Å². The average molecular weight is 398 g/mol. The number of nitrogens with zero attached hydrogens (tertiary/aromatic N) is 1. The lowest BCUT2D eigenvalue weighted by atomic mass is 10.1. The highest BCUT2D eigenvalue weighted by Crippen LogP contribution is 2.36. The second kappa shape index (κ2) is 9.49. The zero-order valence-electron chi connectivity index (χ0n) is 14.6. The molecule has 0 aliphatic carbocycles. The van der Waals surface area contributed by atoms with Crippen LogP contribution in [0.5, 0.6) is 0 Å². The molecule has 27 heavy (non-hydrogen) atoms. The van der Waals surface area contributed by atoms with Crippen LogP contribution in [0.25, 0.3) is 0 Å². The second-order valence-electron chi connectivity index (χ2n) is 5.97. The lowest BCUT2D eigenvalue weighted by molar-refractivity contribution is -0.123. The molecule has 1 atom stereocenters. The Morgan fingerprint density at radius 3 is 2.85 bits per heavy atom. The van der Waals surface area contributed by atoms with Gasteiger partial charge in [0.2, 0.25) is 11.8 Å². The maximum Gasteiger partial charge on any atom is 0.238 e. The number of para-hydroxylation sites is 1. The number of hydrogen-bond donors (Lipinski definition) is 2. The average Bonchev–Trinajstić information content (AvgIpc) is 2.68. The van der Waals surface area contributed by atoms with Gasteiger partial charge in [-0.05, 0) is 23.8 Å². The molecule has 3 rings (SSSR count). The minimum absolute atomic E-state index is 0.125. The third kappa shape index (κ3) is 5.28. The molecule has 0 radical (unpaired) electrons. The lowest BCUT2D eigenvalue weighted by Crippen LogP contribution is -2.35. The van der Waals surface area contributed by atoms with Crippen LogP contribution in [0.4, 0.5) is 5.69 Å². The van der Waals surface area contributed by atoms with Crippen molar-refractivity contribution < 1.29 is 9.59 Å². The van der Waals surface area contributed by atoms with Crippen LogP contribution < -0.4 is 10.6 Å². The van der Waals surface area contributed by atoms with E-state index in [-0.39, 0.29) is 18.2 Å². The number of carbonyl (C=O) groups excluding carboxylic acids is 2. The number of fused-ring (bicyclic) bond motifs is 1. The zero-order chi connectivity index (χ0) is 19.1. The number of thioether (sulfide) groups is 2. The molecule has 0 unspecified atom stereocenters. The fraction of sp³-hybridized carbons (Fsp3) is 0.250. The first-order valence-electron chi connectivity index (χ1n) is 8.56. The molecule has 5 nitrogen and oxygen atoms in total.